The molecule has 18 heavy (non-hydrogen) atoms. The van der Waals surface area contributed by atoms with Gasteiger partial charge in [0.15, 0.2) is 0 Å². The second-order valence-electron chi connectivity index (χ2n) is 6.03. The molecule has 2 fully saturated rings. The first-order valence-corrected chi connectivity index (χ1v) is 7.37. The largest absolute Gasteiger partial charge is 0.462 e. The Morgan fingerprint density at radius 1 is 1.33 bits per heavy atom. The van der Waals surface area contributed by atoms with Crippen LogP contribution in [0.1, 0.15) is 45.4 Å². The molecule has 0 spiro atoms. The van der Waals surface area contributed by atoms with Crippen molar-refractivity contribution in [1.29, 1.82) is 0 Å². The monoisotopic (exact) mass is 249 g/mol. The molecule has 0 radical (unpaired) electrons. The smallest absolute Gasteiger partial charge is 0.302 e. The summed E-state index contributed by atoms with van der Waals surface area (Å²) < 4.78 is 5.55. The summed E-state index contributed by atoms with van der Waals surface area (Å²) >= 11 is 0. The molecule has 3 rings (SSSR count). The van der Waals surface area contributed by atoms with E-state index in [1.54, 1.807) is 0 Å². The van der Waals surface area contributed by atoms with Gasteiger partial charge in [0.2, 0.25) is 0 Å². The fourth-order valence-corrected chi connectivity index (χ4v) is 4.03. The number of hydrogen-bond acceptors (Lipinski definition) is 3. The Labute approximate surface area is 109 Å². The van der Waals surface area contributed by atoms with Crippen molar-refractivity contribution >= 4 is 5.97 Å². The number of hydrogen-bond donors (Lipinski definition) is 1. The third kappa shape index (κ3) is 2.27. The minimum Gasteiger partial charge on any atom is -0.462 e. The Morgan fingerprint density at radius 3 is 3.06 bits per heavy atom. The highest BCUT2D eigenvalue weighted by Crippen LogP contribution is 2.44. The van der Waals surface area contributed by atoms with Crippen LogP contribution >= 0.6 is 0 Å². The third-order valence-corrected chi connectivity index (χ3v) is 4.82. The molecule has 1 saturated heterocycles. The normalized spacial score (nSPS) is 38.8. The quantitative estimate of drug-likeness (QED) is 0.726. The van der Waals surface area contributed by atoms with Gasteiger partial charge in [0.1, 0.15) is 6.10 Å². The second kappa shape index (κ2) is 4.94. The van der Waals surface area contributed by atoms with E-state index >= 15 is 0 Å². The minimum absolute atomic E-state index is 0.114. The van der Waals surface area contributed by atoms with E-state index in [0.29, 0.717) is 17.8 Å². The maximum Gasteiger partial charge on any atom is 0.302 e. The van der Waals surface area contributed by atoms with Gasteiger partial charge in [-0.25, -0.2) is 0 Å². The molecule has 0 aromatic heterocycles. The van der Waals surface area contributed by atoms with Gasteiger partial charge in [0.25, 0.3) is 0 Å². The number of esters is 1. The summed E-state index contributed by atoms with van der Waals surface area (Å²) in [6.07, 6.45) is 9.92. The molecule has 1 aliphatic heterocycles. The van der Waals surface area contributed by atoms with Crippen LogP contribution in [0.3, 0.4) is 0 Å². The summed E-state index contributed by atoms with van der Waals surface area (Å²) in [5, 5.41) is 3.56. The van der Waals surface area contributed by atoms with Crippen molar-refractivity contribution in [2.75, 3.05) is 6.54 Å². The molecule has 1 N–H and O–H groups in total. The highest BCUT2D eigenvalue weighted by molar-refractivity contribution is 5.66. The highest BCUT2D eigenvalue weighted by atomic mass is 16.5. The molecule has 3 aliphatic rings. The number of carbonyl (C=O) groups excluding carboxylic acids is 1. The predicted octanol–water partition coefficient (Wildman–Crippen LogP) is 2.62. The zero-order valence-electron chi connectivity index (χ0n) is 11.2. The third-order valence-electron chi connectivity index (χ3n) is 4.82. The van der Waals surface area contributed by atoms with E-state index in [1.807, 2.05) is 0 Å². The Morgan fingerprint density at radius 2 is 2.22 bits per heavy atom. The van der Waals surface area contributed by atoms with Crippen LogP contribution in [0.5, 0.6) is 0 Å². The SMILES string of the molecule is CC(=O)OC1CCCC2C=C3NCCCC3CC21. The summed E-state index contributed by atoms with van der Waals surface area (Å²) in [6, 6.07) is 0. The molecule has 100 valence electrons. The molecular weight excluding hydrogens is 226 g/mol. The van der Waals surface area contributed by atoms with E-state index < -0.39 is 0 Å². The van der Waals surface area contributed by atoms with E-state index in [2.05, 4.69) is 11.4 Å². The number of allylic oxidation sites excluding steroid dienone is 2. The Balaban J connectivity index is 1.77. The van der Waals surface area contributed by atoms with E-state index in [1.165, 1.54) is 44.7 Å². The van der Waals surface area contributed by atoms with Crippen LogP contribution in [-0.4, -0.2) is 18.6 Å². The van der Waals surface area contributed by atoms with Crippen molar-refractivity contribution in [1.82, 2.24) is 5.32 Å². The molecule has 1 saturated carbocycles. The van der Waals surface area contributed by atoms with Crippen molar-refractivity contribution in [3.8, 4) is 0 Å². The fraction of sp³-hybridized carbons (Fsp3) is 0.800. The summed E-state index contributed by atoms with van der Waals surface area (Å²) in [4.78, 5) is 11.2. The first kappa shape index (κ1) is 12.1. The van der Waals surface area contributed by atoms with Gasteiger partial charge in [-0.1, -0.05) is 6.08 Å². The topological polar surface area (TPSA) is 38.3 Å². The Bertz CT molecular complexity index is 364. The summed E-state index contributed by atoms with van der Waals surface area (Å²) in [5.41, 5.74) is 1.48. The van der Waals surface area contributed by atoms with Crippen LogP contribution < -0.4 is 5.32 Å². The maximum atomic E-state index is 11.2. The lowest BCUT2D eigenvalue weighted by atomic mass is 9.67. The van der Waals surface area contributed by atoms with Gasteiger partial charge >= 0.3 is 5.97 Å². The molecule has 3 heteroatoms. The average Bonchev–Trinajstić information content (AvgIpc) is 2.36. The molecule has 0 aromatic carbocycles. The fourth-order valence-electron chi connectivity index (χ4n) is 4.03. The standard InChI is InChI=1S/C15H23NO2/c1-10(17)18-15-6-2-4-11-9-14-12(8-13(11)15)5-3-7-16-14/h9,11-13,15-16H,2-8H2,1H3. The van der Waals surface area contributed by atoms with Crippen molar-refractivity contribution in [3.63, 3.8) is 0 Å². The zero-order valence-corrected chi connectivity index (χ0v) is 11.2. The van der Waals surface area contributed by atoms with Crippen molar-refractivity contribution in [2.24, 2.45) is 17.8 Å². The Kier molecular flexibility index (Phi) is 3.31. The van der Waals surface area contributed by atoms with Crippen LogP contribution in [0.25, 0.3) is 0 Å². The van der Waals surface area contributed by atoms with Gasteiger partial charge in [0.05, 0.1) is 0 Å². The number of fused-ring (bicyclic) bond motifs is 2. The minimum atomic E-state index is -0.114. The van der Waals surface area contributed by atoms with E-state index in [-0.39, 0.29) is 12.1 Å². The number of piperidine rings is 1. The van der Waals surface area contributed by atoms with Crippen LogP contribution in [0.4, 0.5) is 0 Å². The maximum absolute atomic E-state index is 11.2. The predicted molar refractivity (Wildman–Crippen MR) is 69.8 cm³/mol. The molecule has 4 atom stereocenters. The average molecular weight is 249 g/mol. The molecule has 0 amide bonds. The van der Waals surface area contributed by atoms with Crippen LogP contribution in [0.2, 0.25) is 0 Å². The van der Waals surface area contributed by atoms with E-state index in [0.717, 1.165) is 13.0 Å². The molecule has 2 aliphatic carbocycles. The van der Waals surface area contributed by atoms with Crippen molar-refractivity contribution in [3.05, 3.63) is 11.8 Å². The first-order chi connectivity index (χ1) is 8.74. The second-order valence-corrected chi connectivity index (χ2v) is 6.03. The number of carbonyl (C=O) groups is 1. The van der Waals surface area contributed by atoms with Gasteiger partial charge in [-0.3, -0.25) is 4.79 Å². The number of nitrogens with one attached hydrogen (secondary N) is 1. The van der Waals surface area contributed by atoms with Gasteiger partial charge in [-0.05, 0) is 50.4 Å². The molecule has 4 unspecified atom stereocenters. The summed E-state index contributed by atoms with van der Waals surface area (Å²) in [6.45, 7) is 2.67. The van der Waals surface area contributed by atoms with Gasteiger partial charge in [0, 0.05) is 25.1 Å². The molecule has 0 bridgehead atoms. The summed E-state index contributed by atoms with van der Waals surface area (Å²) in [5.74, 6) is 1.77. The van der Waals surface area contributed by atoms with Gasteiger partial charge in [-0.2, -0.15) is 0 Å². The zero-order chi connectivity index (χ0) is 12.5. The first-order valence-electron chi connectivity index (χ1n) is 7.37. The highest BCUT2D eigenvalue weighted by Gasteiger charge is 2.40. The molecule has 3 nitrogen and oxygen atoms in total. The summed E-state index contributed by atoms with van der Waals surface area (Å²) in [7, 11) is 0. The number of ether oxygens (including phenoxy) is 1. The Hall–Kier alpha value is -0.990. The lowest BCUT2D eigenvalue weighted by molar-refractivity contribution is -0.152. The number of rotatable bonds is 1. The van der Waals surface area contributed by atoms with Crippen LogP contribution in [0.15, 0.2) is 11.8 Å². The van der Waals surface area contributed by atoms with Crippen LogP contribution in [0, 0.1) is 17.8 Å². The van der Waals surface area contributed by atoms with Crippen molar-refractivity contribution in [2.45, 2.75) is 51.6 Å². The van der Waals surface area contributed by atoms with Crippen LogP contribution in [-0.2, 0) is 9.53 Å². The van der Waals surface area contributed by atoms with E-state index in [9.17, 15) is 4.79 Å². The van der Waals surface area contributed by atoms with E-state index in [4.69, 9.17) is 4.74 Å². The molecule has 1 heterocycles. The van der Waals surface area contributed by atoms with Crippen molar-refractivity contribution < 1.29 is 9.53 Å². The lowest BCUT2D eigenvalue weighted by Gasteiger charge is -2.43. The van der Waals surface area contributed by atoms with Gasteiger partial charge in [-0.15, -0.1) is 0 Å². The van der Waals surface area contributed by atoms with Gasteiger partial charge < -0.3 is 10.1 Å². The molecule has 0 aromatic rings. The lowest BCUT2D eigenvalue weighted by Crippen LogP contribution is -2.42. The molecular formula is C15H23NO2.